The molecule has 3 aromatic rings. The molecular formula is C12H5ClF3N3O4. The van der Waals surface area contributed by atoms with E-state index in [2.05, 4.69) is 14.7 Å². The van der Waals surface area contributed by atoms with Crippen LogP contribution in [-0.2, 0) is 6.18 Å². The van der Waals surface area contributed by atoms with Gasteiger partial charge in [0.25, 0.3) is 5.56 Å². The first-order valence-corrected chi connectivity index (χ1v) is 6.27. The first-order valence-electron chi connectivity index (χ1n) is 5.89. The summed E-state index contributed by atoms with van der Waals surface area (Å²) in [5.74, 6) is -0.397. The van der Waals surface area contributed by atoms with Crippen LogP contribution in [0.2, 0.25) is 5.02 Å². The largest absolute Gasteiger partial charge is 0.512 e. The van der Waals surface area contributed by atoms with Crippen LogP contribution in [0.25, 0.3) is 16.7 Å². The molecule has 0 amide bonds. The Kier molecular flexibility index (Phi) is 3.22. The third-order valence-electron chi connectivity index (χ3n) is 2.98. The number of hydrogen-bond acceptors (Lipinski definition) is 4. The third-order valence-corrected chi connectivity index (χ3v) is 3.29. The Hall–Kier alpha value is -2.75. The van der Waals surface area contributed by atoms with Gasteiger partial charge in [-0.1, -0.05) is 11.6 Å². The standard InChI is InChI=1S/C12H5ClF3N3O4/c13-5-2-7-6(1-4(5)12(14,15)16)17-10(20)9-18-8(3-19(7)9)23-11(21)22/h1-3H,(H,17,20)(H,21,22). The number of rotatable bonds is 1. The lowest BCUT2D eigenvalue weighted by atomic mass is 10.2. The highest BCUT2D eigenvalue weighted by Crippen LogP contribution is 2.36. The van der Waals surface area contributed by atoms with Crippen molar-refractivity contribution < 1.29 is 27.8 Å². The van der Waals surface area contributed by atoms with Gasteiger partial charge in [0.15, 0.2) is 0 Å². The molecule has 0 bridgehead atoms. The summed E-state index contributed by atoms with van der Waals surface area (Å²) in [5.41, 5.74) is -2.20. The van der Waals surface area contributed by atoms with E-state index < -0.39 is 34.4 Å². The molecule has 2 N–H and O–H groups in total. The summed E-state index contributed by atoms with van der Waals surface area (Å²) in [6, 6.07) is 1.69. The second-order valence-electron chi connectivity index (χ2n) is 4.44. The van der Waals surface area contributed by atoms with E-state index in [1.807, 2.05) is 0 Å². The van der Waals surface area contributed by atoms with E-state index in [1.165, 1.54) is 0 Å². The van der Waals surface area contributed by atoms with Gasteiger partial charge < -0.3 is 14.8 Å². The van der Waals surface area contributed by atoms with Gasteiger partial charge in [0.1, 0.15) is 0 Å². The van der Waals surface area contributed by atoms with Crippen molar-refractivity contribution in [3.05, 3.63) is 39.3 Å². The monoisotopic (exact) mass is 347 g/mol. The minimum absolute atomic E-state index is 0.102. The van der Waals surface area contributed by atoms with Crippen molar-refractivity contribution >= 4 is 34.4 Å². The van der Waals surface area contributed by atoms with E-state index >= 15 is 0 Å². The van der Waals surface area contributed by atoms with Crippen LogP contribution >= 0.6 is 11.6 Å². The van der Waals surface area contributed by atoms with Crippen molar-refractivity contribution in [2.75, 3.05) is 0 Å². The molecule has 11 heteroatoms. The number of hydrogen-bond donors (Lipinski definition) is 2. The van der Waals surface area contributed by atoms with Gasteiger partial charge in [-0.3, -0.25) is 9.20 Å². The molecule has 0 unspecified atom stereocenters. The van der Waals surface area contributed by atoms with E-state index in [0.29, 0.717) is 6.07 Å². The summed E-state index contributed by atoms with van der Waals surface area (Å²) >= 11 is 5.65. The van der Waals surface area contributed by atoms with Crippen LogP contribution in [0.1, 0.15) is 5.56 Å². The molecule has 0 aliphatic carbocycles. The molecule has 0 aliphatic rings. The van der Waals surface area contributed by atoms with Gasteiger partial charge in [-0.2, -0.15) is 18.2 Å². The fourth-order valence-corrected chi connectivity index (χ4v) is 2.36. The topological polar surface area (TPSA) is 96.7 Å². The molecule has 2 heterocycles. The van der Waals surface area contributed by atoms with Crippen molar-refractivity contribution in [3.8, 4) is 5.88 Å². The number of ether oxygens (including phenoxy) is 1. The van der Waals surface area contributed by atoms with Crippen molar-refractivity contribution in [1.29, 1.82) is 0 Å². The van der Waals surface area contributed by atoms with Crippen molar-refractivity contribution in [1.82, 2.24) is 14.4 Å². The molecule has 0 fully saturated rings. The van der Waals surface area contributed by atoms with E-state index in [9.17, 15) is 22.8 Å². The van der Waals surface area contributed by atoms with Gasteiger partial charge in [0.2, 0.25) is 11.5 Å². The number of carboxylic acid groups (broad SMARTS) is 1. The Labute approximate surface area is 128 Å². The Morgan fingerprint density at radius 3 is 2.70 bits per heavy atom. The first-order chi connectivity index (χ1) is 10.7. The predicted octanol–water partition coefficient (Wildman–Crippen LogP) is 2.90. The Morgan fingerprint density at radius 2 is 2.09 bits per heavy atom. The van der Waals surface area contributed by atoms with Crippen LogP contribution in [0.5, 0.6) is 5.88 Å². The van der Waals surface area contributed by atoms with Crippen molar-refractivity contribution in [2.45, 2.75) is 6.18 Å². The molecule has 0 atom stereocenters. The van der Waals surface area contributed by atoms with Crippen LogP contribution in [-0.4, -0.2) is 25.6 Å². The number of aromatic amines is 1. The lowest BCUT2D eigenvalue weighted by molar-refractivity contribution is -0.137. The molecule has 3 rings (SSSR count). The molecule has 0 aliphatic heterocycles. The molecule has 0 radical (unpaired) electrons. The number of alkyl halides is 3. The predicted molar refractivity (Wildman–Crippen MR) is 72.0 cm³/mol. The molecule has 1 aromatic carbocycles. The Bertz CT molecular complexity index is 1010. The number of fused-ring (bicyclic) bond motifs is 3. The van der Waals surface area contributed by atoms with Crippen molar-refractivity contribution in [3.63, 3.8) is 0 Å². The van der Waals surface area contributed by atoms with Gasteiger partial charge in [0, 0.05) is 0 Å². The average Bonchev–Trinajstić information content (AvgIpc) is 2.81. The Balaban J connectivity index is 2.35. The number of H-pyrrole nitrogens is 1. The summed E-state index contributed by atoms with van der Waals surface area (Å²) in [5, 5.41) is 7.96. The summed E-state index contributed by atoms with van der Waals surface area (Å²) in [4.78, 5) is 28.3. The highest BCUT2D eigenvalue weighted by molar-refractivity contribution is 6.32. The summed E-state index contributed by atoms with van der Waals surface area (Å²) in [6.45, 7) is 0. The average molecular weight is 348 g/mol. The quantitative estimate of drug-likeness (QED) is 0.660. The van der Waals surface area contributed by atoms with Crippen LogP contribution in [0.3, 0.4) is 0 Å². The van der Waals surface area contributed by atoms with Gasteiger partial charge in [-0.15, -0.1) is 0 Å². The van der Waals surface area contributed by atoms with Crippen LogP contribution in [0, 0.1) is 0 Å². The number of aromatic nitrogens is 3. The maximum atomic E-state index is 12.9. The highest BCUT2D eigenvalue weighted by atomic mass is 35.5. The number of imidazole rings is 1. The molecule has 0 saturated heterocycles. The van der Waals surface area contributed by atoms with Gasteiger partial charge >= 0.3 is 12.3 Å². The molecule has 2 aromatic heterocycles. The highest BCUT2D eigenvalue weighted by Gasteiger charge is 2.33. The van der Waals surface area contributed by atoms with Crippen LogP contribution < -0.4 is 10.3 Å². The second-order valence-corrected chi connectivity index (χ2v) is 4.85. The number of halogens is 4. The van der Waals surface area contributed by atoms with Crippen LogP contribution in [0.15, 0.2) is 23.1 Å². The number of nitrogens with one attached hydrogen (secondary N) is 1. The van der Waals surface area contributed by atoms with Gasteiger partial charge in [-0.25, -0.2) is 4.79 Å². The SMILES string of the molecule is O=C(O)Oc1cn2c(n1)c(=O)[nH]c1cc(C(F)(F)F)c(Cl)cc12. The summed E-state index contributed by atoms with van der Waals surface area (Å²) in [6.07, 6.45) is -5.28. The normalized spacial score (nSPS) is 12.0. The lowest BCUT2D eigenvalue weighted by Crippen LogP contribution is -2.12. The minimum Gasteiger partial charge on any atom is -0.449 e. The molecule has 120 valence electrons. The molecule has 0 saturated carbocycles. The minimum atomic E-state index is -4.69. The fourth-order valence-electron chi connectivity index (χ4n) is 2.10. The zero-order valence-electron chi connectivity index (χ0n) is 10.8. The zero-order chi connectivity index (χ0) is 16.9. The lowest BCUT2D eigenvalue weighted by Gasteiger charge is -2.10. The molecule has 0 spiro atoms. The van der Waals surface area contributed by atoms with Crippen molar-refractivity contribution in [2.24, 2.45) is 0 Å². The third kappa shape index (κ3) is 2.57. The Morgan fingerprint density at radius 1 is 1.39 bits per heavy atom. The molecule has 23 heavy (non-hydrogen) atoms. The number of carbonyl (C=O) groups is 1. The van der Waals surface area contributed by atoms with E-state index in [0.717, 1.165) is 16.7 Å². The molecule has 7 nitrogen and oxygen atoms in total. The van der Waals surface area contributed by atoms with E-state index in [4.69, 9.17) is 16.7 Å². The fraction of sp³-hybridized carbons (Fsp3) is 0.0833. The summed E-state index contributed by atoms with van der Waals surface area (Å²) in [7, 11) is 0. The number of benzene rings is 1. The second kappa shape index (κ2) is 4.88. The van der Waals surface area contributed by atoms with E-state index in [1.54, 1.807) is 0 Å². The molecular weight excluding hydrogens is 343 g/mol. The maximum absolute atomic E-state index is 12.9. The van der Waals surface area contributed by atoms with Gasteiger partial charge in [0.05, 0.1) is 27.8 Å². The number of nitrogens with zero attached hydrogens (tertiary/aromatic N) is 2. The van der Waals surface area contributed by atoms with Crippen LogP contribution in [0.4, 0.5) is 18.0 Å². The zero-order valence-corrected chi connectivity index (χ0v) is 11.6. The summed E-state index contributed by atoms with van der Waals surface area (Å²) < 4.78 is 44.0. The van der Waals surface area contributed by atoms with Gasteiger partial charge in [-0.05, 0) is 12.1 Å². The maximum Gasteiger partial charge on any atom is 0.512 e. The first kappa shape index (κ1) is 15.2. The van der Waals surface area contributed by atoms with E-state index in [-0.39, 0.29) is 16.7 Å². The smallest absolute Gasteiger partial charge is 0.449 e.